The molecule has 3 heteroatoms. The minimum Gasteiger partial charge on any atom is -0.392 e. The van der Waals surface area contributed by atoms with Crippen LogP contribution in [0.3, 0.4) is 0 Å². The van der Waals surface area contributed by atoms with Crippen LogP contribution in [-0.4, -0.2) is 53.7 Å². The Labute approximate surface area is 128 Å². The quantitative estimate of drug-likeness (QED) is 0.925. The van der Waals surface area contributed by atoms with E-state index in [9.17, 15) is 5.11 Å². The number of β-amino-alcohol motifs (C(OH)–C–C–N with tert-alkyl or cyclic N) is 1. The van der Waals surface area contributed by atoms with Crippen molar-refractivity contribution in [3.63, 3.8) is 0 Å². The van der Waals surface area contributed by atoms with Crippen LogP contribution in [0.4, 0.5) is 0 Å². The summed E-state index contributed by atoms with van der Waals surface area (Å²) in [5.41, 5.74) is 3.12. The standard InChI is InChI=1S/C18H28N2O/c1-15(21)14-19-10-5-11-20(13-12-19)18-9-4-7-16-6-2-3-8-17(16)18/h2-3,6,8,15,18,21H,4-5,7,9-14H2,1H3/t15-,18-/m0/s1. The number of aliphatic hydroxyl groups is 1. The fraction of sp³-hybridized carbons (Fsp3) is 0.667. The lowest BCUT2D eigenvalue weighted by Gasteiger charge is -2.35. The first-order chi connectivity index (χ1) is 10.2. The van der Waals surface area contributed by atoms with Crippen LogP contribution in [0.2, 0.25) is 0 Å². The molecule has 0 unspecified atom stereocenters. The molecule has 0 saturated carbocycles. The van der Waals surface area contributed by atoms with Crippen LogP contribution in [0, 0.1) is 0 Å². The largest absolute Gasteiger partial charge is 0.392 e. The summed E-state index contributed by atoms with van der Waals surface area (Å²) in [5, 5.41) is 9.59. The summed E-state index contributed by atoms with van der Waals surface area (Å²) in [6, 6.07) is 9.61. The van der Waals surface area contributed by atoms with Gasteiger partial charge in [-0.2, -0.15) is 0 Å². The maximum Gasteiger partial charge on any atom is 0.0639 e. The van der Waals surface area contributed by atoms with E-state index in [2.05, 4.69) is 34.1 Å². The maximum absolute atomic E-state index is 9.59. The van der Waals surface area contributed by atoms with Crippen molar-refractivity contribution < 1.29 is 5.11 Å². The van der Waals surface area contributed by atoms with Crippen LogP contribution in [0.25, 0.3) is 0 Å². The Kier molecular flexibility index (Phi) is 4.94. The van der Waals surface area contributed by atoms with Crippen molar-refractivity contribution >= 4 is 0 Å². The lowest BCUT2D eigenvalue weighted by atomic mass is 9.87. The molecule has 1 heterocycles. The van der Waals surface area contributed by atoms with Gasteiger partial charge in [0, 0.05) is 32.2 Å². The Hall–Kier alpha value is -0.900. The molecule has 1 N–H and O–H groups in total. The first kappa shape index (κ1) is 15.0. The van der Waals surface area contributed by atoms with Crippen LogP contribution in [-0.2, 0) is 6.42 Å². The summed E-state index contributed by atoms with van der Waals surface area (Å²) in [4.78, 5) is 5.10. The van der Waals surface area contributed by atoms with Crippen molar-refractivity contribution in [1.82, 2.24) is 9.80 Å². The minimum absolute atomic E-state index is 0.216. The van der Waals surface area contributed by atoms with Gasteiger partial charge in [0.15, 0.2) is 0 Å². The number of nitrogens with zero attached hydrogens (tertiary/aromatic N) is 2. The van der Waals surface area contributed by atoms with E-state index in [1.165, 1.54) is 32.2 Å². The molecule has 1 aromatic carbocycles. The van der Waals surface area contributed by atoms with Gasteiger partial charge in [0.25, 0.3) is 0 Å². The Morgan fingerprint density at radius 1 is 1.14 bits per heavy atom. The fourth-order valence-electron chi connectivity index (χ4n) is 3.97. The average Bonchev–Trinajstić information content (AvgIpc) is 2.71. The Morgan fingerprint density at radius 3 is 2.86 bits per heavy atom. The number of aryl methyl sites for hydroxylation is 1. The van der Waals surface area contributed by atoms with E-state index in [1.807, 2.05) is 6.92 Å². The van der Waals surface area contributed by atoms with Crippen LogP contribution in [0.5, 0.6) is 0 Å². The minimum atomic E-state index is -0.216. The zero-order valence-electron chi connectivity index (χ0n) is 13.2. The lowest BCUT2D eigenvalue weighted by Crippen LogP contribution is -2.37. The molecule has 0 bridgehead atoms. The number of rotatable bonds is 3. The van der Waals surface area contributed by atoms with Gasteiger partial charge in [0.1, 0.15) is 0 Å². The SMILES string of the molecule is C[C@H](O)CN1CCCN([C@H]2CCCc3ccccc32)CC1. The van der Waals surface area contributed by atoms with E-state index < -0.39 is 0 Å². The molecule has 2 atom stereocenters. The number of fused-ring (bicyclic) bond motifs is 1. The van der Waals surface area contributed by atoms with Crippen LogP contribution in [0.15, 0.2) is 24.3 Å². The van der Waals surface area contributed by atoms with Gasteiger partial charge < -0.3 is 5.11 Å². The highest BCUT2D eigenvalue weighted by atomic mass is 16.3. The number of hydrogen-bond donors (Lipinski definition) is 1. The van der Waals surface area contributed by atoms with Crippen molar-refractivity contribution in [2.45, 2.75) is 44.8 Å². The van der Waals surface area contributed by atoms with Crippen molar-refractivity contribution in [1.29, 1.82) is 0 Å². The normalized spacial score (nSPS) is 26.1. The van der Waals surface area contributed by atoms with E-state index >= 15 is 0 Å². The van der Waals surface area contributed by atoms with Gasteiger partial charge in [-0.1, -0.05) is 24.3 Å². The Balaban J connectivity index is 1.68. The molecule has 3 rings (SSSR count). The zero-order valence-corrected chi connectivity index (χ0v) is 13.2. The molecule has 2 aliphatic rings. The van der Waals surface area contributed by atoms with E-state index in [1.54, 1.807) is 11.1 Å². The van der Waals surface area contributed by atoms with E-state index in [-0.39, 0.29) is 6.10 Å². The highest BCUT2D eigenvalue weighted by Crippen LogP contribution is 2.34. The highest BCUT2D eigenvalue weighted by Gasteiger charge is 2.27. The molecule has 21 heavy (non-hydrogen) atoms. The fourth-order valence-corrected chi connectivity index (χ4v) is 3.97. The molecule has 1 fully saturated rings. The highest BCUT2D eigenvalue weighted by molar-refractivity contribution is 5.32. The number of aliphatic hydroxyl groups excluding tert-OH is 1. The van der Waals surface area contributed by atoms with E-state index in [4.69, 9.17) is 0 Å². The lowest BCUT2D eigenvalue weighted by molar-refractivity contribution is 0.124. The smallest absolute Gasteiger partial charge is 0.0639 e. The Bertz CT molecular complexity index is 460. The number of hydrogen-bond acceptors (Lipinski definition) is 3. The zero-order chi connectivity index (χ0) is 14.7. The van der Waals surface area contributed by atoms with Gasteiger partial charge in [0.05, 0.1) is 6.10 Å². The summed E-state index contributed by atoms with van der Waals surface area (Å²) >= 11 is 0. The molecule has 116 valence electrons. The molecule has 0 amide bonds. The molecule has 0 aromatic heterocycles. The topological polar surface area (TPSA) is 26.7 Å². The maximum atomic E-state index is 9.59. The van der Waals surface area contributed by atoms with Crippen molar-refractivity contribution in [3.05, 3.63) is 35.4 Å². The molecule has 1 saturated heterocycles. The van der Waals surface area contributed by atoms with Gasteiger partial charge in [-0.15, -0.1) is 0 Å². The van der Waals surface area contributed by atoms with E-state index in [0.29, 0.717) is 6.04 Å². The van der Waals surface area contributed by atoms with Crippen molar-refractivity contribution in [2.24, 2.45) is 0 Å². The molecular weight excluding hydrogens is 260 g/mol. The van der Waals surface area contributed by atoms with Crippen LogP contribution in [0.1, 0.15) is 43.4 Å². The average molecular weight is 288 g/mol. The predicted octanol–water partition coefficient (Wildman–Crippen LogP) is 2.45. The monoisotopic (exact) mass is 288 g/mol. The molecule has 3 nitrogen and oxygen atoms in total. The van der Waals surface area contributed by atoms with Gasteiger partial charge in [-0.3, -0.25) is 9.80 Å². The molecule has 0 spiro atoms. The van der Waals surface area contributed by atoms with Crippen LogP contribution < -0.4 is 0 Å². The van der Waals surface area contributed by atoms with Crippen molar-refractivity contribution in [2.75, 3.05) is 32.7 Å². The molecular formula is C18H28N2O. The van der Waals surface area contributed by atoms with E-state index in [0.717, 1.165) is 26.2 Å². The second kappa shape index (κ2) is 6.91. The van der Waals surface area contributed by atoms with Crippen molar-refractivity contribution in [3.8, 4) is 0 Å². The van der Waals surface area contributed by atoms with Gasteiger partial charge in [-0.25, -0.2) is 0 Å². The third-order valence-corrected chi connectivity index (χ3v) is 4.92. The first-order valence-electron chi connectivity index (χ1n) is 8.46. The molecule has 1 aliphatic carbocycles. The third-order valence-electron chi connectivity index (χ3n) is 4.92. The van der Waals surface area contributed by atoms with Gasteiger partial charge in [-0.05, 0) is 50.3 Å². The Morgan fingerprint density at radius 2 is 2.00 bits per heavy atom. The number of benzene rings is 1. The summed E-state index contributed by atoms with van der Waals surface area (Å²) in [6.45, 7) is 7.23. The second-order valence-corrected chi connectivity index (χ2v) is 6.65. The summed E-state index contributed by atoms with van der Waals surface area (Å²) in [6.07, 6.45) is 4.86. The van der Waals surface area contributed by atoms with Crippen LogP contribution >= 0.6 is 0 Å². The summed E-state index contributed by atoms with van der Waals surface area (Å²) in [5.74, 6) is 0. The molecule has 1 aromatic rings. The third kappa shape index (κ3) is 3.65. The summed E-state index contributed by atoms with van der Waals surface area (Å²) in [7, 11) is 0. The molecule has 1 aliphatic heterocycles. The molecule has 0 radical (unpaired) electrons. The van der Waals surface area contributed by atoms with Gasteiger partial charge >= 0.3 is 0 Å². The first-order valence-corrected chi connectivity index (χ1v) is 8.46. The summed E-state index contributed by atoms with van der Waals surface area (Å²) < 4.78 is 0. The predicted molar refractivity (Wildman–Crippen MR) is 86.4 cm³/mol. The second-order valence-electron chi connectivity index (χ2n) is 6.65. The van der Waals surface area contributed by atoms with Gasteiger partial charge in [0.2, 0.25) is 0 Å².